The lowest BCUT2D eigenvalue weighted by Crippen LogP contribution is -2.17. The van der Waals surface area contributed by atoms with Crippen molar-refractivity contribution < 1.29 is 0 Å². The molecule has 5 heteroatoms. The van der Waals surface area contributed by atoms with Crippen LogP contribution < -0.4 is 10.6 Å². The maximum absolute atomic E-state index is 5.96. The number of pyridine rings is 1. The van der Waals surface area contributed by atoms with Crippen molar-refractivity contribution in [3.63, 3.8) is 0 Å². The van der Waals surface area contributed by atoms with Gasteiger partial charge in [0.2, 0.25) is 0 Å². The van der Waals surface area contributed by atoms with Crippen LogP contribution in [0.25, 0.3) is 0 Å². The van der Waals surface area contributed by atoms with Gasteiger partial charge in [-0.25, -0.2) is 4.98 Å². The van der Waals surface area contributed by atoms with Gasteiger partial charge in [-0.2, -0.15) is 0 Å². The molecule has 4 nitrogen and oxygen atoms in total. The second-order valence-electron chi connectivity index (χ2n) is 4.67. The molecular weight excluding hydrogens is 256 g/mol. The quantitative estimate of drug-likeness (QED) is 0.912. The molecule has 2 rings (SSSR count). The highest BCUT2D eigenvalue weighted by atomic mass is 32.1. The van der Waals surface area contributed by atoms with Gasteiger partial charge in [-0.3, -0.25) is 4.98 Å². The Balaban J connectivity index is 2.05. The Bertz CT molecular complexity index is 520. The highest BCUT2D eigenvalue weighted by molar-refractivity contribution is 7.09. The number of thiazole rings is 1. The lowest BCUT2D eigenvalue weighted by atomic mass is 10.1. The van der Waals surface area contributed by atoms with Crippen molar-refractivity contribution in [1.82, 2.24) is 9.97 Å². The molecule has 102 valence electrons. The highest BCUT2D eigenvalue weighted by Gasteiger charge is 2.08. The minimum absolute atomic E-state index is 0.0283. The van der Waals surface area contributed by atoms with Crippen LogP contribution in [0.3, 0.4) is 0 Å². The molecule has 1 unspecified atom stereocenters. The summed E-state index contributed by atoms with van der Waals surface area (Å²) in [7, 11) is 2.05. The molecule has 2 aromatic rings. The molecule has 1 atom stereocenters. The van der Waals surface area contributed by atoms with Crippen molar-refractivity contribution in [2.75, 3.05) is 11.9 Å². The van der Waals surface area contributed by atoms with Gasteiger partial charge in [0.05, 0.1) is 34.8 Å². The molecular formula is C14H20N4S. The Morgan fingerprint density at radius 3 is 2.74 bits per heavy atom. The topological polar surface area (TPSA) is 55.0 Å². The van der Waals surface area contributed by atoms with E-state index in [2.05, 4.69) is 33.2 Å². The Morgan fingerprint density at radius 1 is 1.42 bits per heavy atom. The summed E-state index contributed by atoms with van der Waals surface area (Å²) in [6.07, 6.45) is 2.78. The molecule has 0 fully saturated rings. The number of aromatic nitrogens is 2. The van der Waals surface area contributed by atoms with E-state index in [1.807, 2.05) is 26.2 Å². The van der Waals surface area contributed by atoms with Crippen molar-refractivity contribution in [3.05, 3.63) is 40.1 Å². The summed E-state index contributed by atoms with van der Waals surface area (Å²) in [6.45, 7) is 4.89. The third-order valence-electron chi connectivity index (χ3n) is 3.10. The minimum atomic E-state index is 0.0283. The second-order valence-corrected chi connectivity index (χ2v) is 5.73. The molecule has 19 heavy (non-hydrogen) atoms. The van der Waals surface area contributed by atoms with E-state index in [9.17, 15) is 0 Å². The molecule has 0 aliphatic carbocycles. The van der Waals surface area contributed by atoms with Gasteiger partial charge >= 0.3 is 0 Å². The van der Waals surface area contributed by atoms with E-state index in [4.69, 9.17) is 5.73 Å². The summed E-state index contributed by atoms with van der Waals surface area (Å²) in [5.74, 6) is 0. The van der Waals surface area contributed by atoms with Gasteiger partial charge in [0.25, 0.3) is 0 Å². The van der Waals surface area contributed by atoms with Crippen molar-refractivity contribution in [2.45, 2.75) is 32.9 Å². The van der Waals surface area contributed by atoms with E-state index >= 15 is 0 Å². The summed E-state index contributed by atoms with van der Waals surface area (Å²) in [4.78, 5) is 11.0. The van der Waals surface area contributed by atoms with Gasteiger partial charge in [0.1, 0.15) is 0 Å². The van der Waals surface area contributed by atoms with Crippen molar-refractivity contribution >= 4 is 17.0 Å². The summed E-state index contributed by atoms with van der Waals surface area (Å²) in [5.41, 5.74) is 9.09. The van der Waals surface area contributed by atoms with Gasteiger partial charge in [0, 0.05) is 18.5 Å². The normalized spacial score (nSPS) is 12.4. The van der Waals surface area contributed by atoms with Crippen LogP contribution in [0.1, 0.15) is 35.8 Å². The monoisotopic (exact) mass is 276 g/mol. The smallest absolute Gasteiger partial charge is 0.0898 e. The van der Waals surface area contributed by atoms with Gasteiger partial charge in [-0.1, -0.05) is 6.92 Å². The number of nitrogens with zero attached hydrogens (tertiary/aromatic N) is 3. The minimum Gasteiger partial charge on any atom is -0.367 e. The molecule has 0 aromatic carbocycles. The maximum Gasteiger partial charge on any atom is 0.0898 e. The number of rotatable bonds is 5. The third kappa shape index (κ3) is 3.52. The fourth-order valence-corrected chi connectivity index (χ4v) is 2.47. The van der Waals surface area contributed by atoms with Crippen LogP contribution in [-0.4, -0.2) is 17.0 Å². The van der Waals surface area contributed by atoms with Crippen molar-refractivity contribution in [3.8, 4) is 0 Å². The Labute approximate surface area is 118 Å². The van der Waals surface area contributed by atoms with Crippen LogP contribution in [-0.2, 0) is 6.54 Å². The average molecular weight is 276 g/mol. The summed E-state index contributed by atoms with van der Waals surface area (Å²) >= 11 is 1.68. The molecule has 0 saturated heterocycles. The first kappa shape index (κ1) is 14.0. The van der Waals surface area contributed by atoms with Gasteiger partial charge in [-0.05, 0) is 25.5 Å². The fourth-order valence-electron chi connectivity index (χ4n) is 1.87. The van der Waals surface area contributed by atoms with E-state index in [0.717, 1.165) is 35.0 Å². The Kier molecular flexibility index (Phi) is 4.50. The number of hydrogen-bond acceptors (Lipinski definition) is 5. The molecule has 2 N–H and O–H groups in total. The van der Waals surface area contributed by atoms with Crippen LogP contribution in [0.15, 0.2) is 23.7 Å². The second kappa shape index (κ2) is 6.12. The van der Waals surface area contributed by atoms with E-state index in [0.29, 0.717) is 0 Å². The van der Waals surface area contributed by atoms with Gasteiger partial charge < -0.3 is 10.6 Å². The lowest BCUT2D eigenvalue weighted by Gasteiger charge is -2.18. The van der Waals surface area contributed by atoms with Crippen molar-refractivity contribution in [2.24, 2.45) is 5.73 Å². The predicted octanol–water partition coefficient (Wildman–Crippen LogP) is 2.89. The van der Waals surface area contributed by atoms with E-state index in [1.54, 1.807) is 11.3 Å². The first-order valence-corrected chi connectivity index (χ1v) is 7.31. The summed E-state index contributed by atoms with van der Waals surface area (Å²) < 4.78 is 0. The van der Waals surface area contributed by atoms with Crippen LogP contribution >= 0.6 is 11.3 Å². The summed E-state index contributed by atoms with van der Waals surface area (Å²) in [5, 5.41) is 3.20. The molecule has 0 bridgehead atoms. The van der Waals surface area contributed by atoms with Crippen LogP contribution in [0.5, 0.6) is 0 Å². The zero-order valence-electron chi connectivity index (χ0n) is 11.6. The molecule has 2 heterocycles. The molecule has 0 saturated carbocycles. The predicted molar refractivity (Wildman–Crippen MR) is 80.4 cm³/mol. The van der Waals surface area contributed by atoms with Crippen LogP contribution in [0.4, 0.5) is 5.69 Å². The molecule has 0 radical (unpaired) electrons. The number of aryl methyl sites for hydroxylation is 1. The average Bonchev–Trinajstić information content (AvgIpc) is 2.83. The summed E-state index contributed by atoms with van der Waals surface area (Å²) in [6, 6.07) is 4.10. The largest absolute Gasteiger partial charge is 0.367 e. The Hall–Kier alpha value is -1.46. The van der Waals surface area contributed by atoms with Gasteiger partial charge in [-0.15, -0.1) is 11.3 Å². The van der Waals surface area contributed by atoms with Crippen LogP contribution in [0, 0.1) is 6.92 Å². The third-order valence-corrected chi connectivity index (χ3v) is 3.92. The molecule has 0 aliphatic heterocycles. The van der Waals surface area contributed by atoms with Crippen LogP contribution in [0.2, 0.25) is 0 Å². The molecule has 0 spiro atoms. The zero-order valence-corrected chi connectivity index (χ0v) is 12.4. The lowest BCUT2D eigenvalue weighted by molar-refractivity contribution is 0.675. The molecule has 0 aliphatic rings. The van der Waals surface area contributed by atoms with E-state index < -0.39 is 0 Å². The molecule has 0 amide bonds. The SMILES string of the molecule is CCC(N)c1ccc(N(C)Cc2csc(C)n2)cn1. The fraction of sp³-hybridized carbons (Fsp3) is 0.429. The maximum atomic E-state index is 5.96. The standard InChI is InChI=1S/C14H20N4S/c1-4-13(15)14-6-5-12(7-16-14)18(3)8-11-9-19-10(2)17-11/h5-7,9,13H,4,8,15H2,1-3H3. The van der Waals surface area contributed by atoms with E-state index in [1.165, 1.54) is 0 Å². The first-order valence-electron chi connectivity index (χ1n) is 6.43. The number of hydrogen-bond donors (Lipinski definition) is 1. The van der Waals surface area contributed by atoms with Crippen molar-refractivity contribution in [1.29, 1.82) is 0 Å². The number of nitrogens with two attached hydrogens (primary N) is 1. The first-order chi connectivity index (χ1) is 9.10. The Morgan fingerprint density at radius 2 is 2.21 bits per heavy atom. The van der Waals surface area contributed by atoms with E-state index in [-0.39, 0.29) is 6.04 Å². The number of anilines is 1. The van der Waals surface area contributed by atoms with Gasteiger partial charge in [0.15, 0.2) is 0 Å². The zero-order chi connectivity index (χ0) is 13.8. The highest BCUT2D eigenvalue weighted by Crippen LogP contribution is 2.18. The molecule has 2 aromatic heterocycles.